The average Bonchev–Trinajstić information content (AvgIpc) is 2.87. The van der Waals surface area contributed by atoms with Gasteiger partial charge in [-0.1, -0.05) is 25.3 Å². The Hall–Kier alpha value is -1.26. The van der Waals surface area contributed by atoms with E-state index in [9.17, 15) is 0 Å². The van der Waals surface area contributed by atoms with Gasteiger partial charge >= 0.3 is 0 Å². The van der Waals surface area contributed by atoms with Gasteiger partial charge in [-0.2, -0.15) is 0 Å². The van der Waals surface area contributed by atoms with Crippen molar-refractivity contribution in [3.05, 3.63) is 23.3 Å². The standard InChI is InChI=1S/C15H21NO3/c1-17-9-11-5-6-12-14(19-10-18-12)13(11)15(16)7-3-2-4-8-15/h5-6H,2-4,7-10,16H2,1H3. The van der Waals surface area contributed by atoms with Crippen LogP contribution in [-0.2, 0) is 16.9 Å². The summed E-state index contributed by atoms with van der Waals surface area (Å²) in [6, 6.07) is 4.00. The second-order valence-corrected chi connectivity index (χ2v) is 5.48. The molecular formula is C15H21NO3. The van der Waals surface area contributed by atoms with Gasteiger partial charge in [-0.25, -0.2) is 0 Å². The second-order valence-electron chi connectivity index (χ2n) is 5.48. The summed E-state index contributed by atoms with van der Waals surface area (Å²) >= 11 is 0. The molecule has 1 aromatic carbocycles. The molecule has 0 bridgehead atoms. The van der Waals surface area contributed by atoms with Gasteiger partial charge in [0.05, 0.1) is 6.61 Å². The van der Waals surface area contributed by atoms with E-state index in [4.69, 9.17) is 19.9 Å². The number of nitrogens with two attached hydrogens (primary N) is 1. The highest BCUT2D eigenvalue weighted by molar-refractivity contribution is 5.55. The Bertz CT molecular complexity index is 467. The highest BCUT2D eigenvalue weighted by Gasteiger charge is 2.37. The van der Waals surface area contributed by atoms with Gasteiger partial charge in [0, 0.05) is 18.2 Å². The Balaban J connectivity index is 2.08. The van der Waals surface area contributed by atoms with Crippen LogP contribution in [0.3, 0.4) is 0 Å². The average molecular weight is 263 g/mol. The summed E-state index contributed by atoms with van der Waals surface area (Å²) in [7, 11) is 1.71. The number of ether oxygens (including phenoxy) is 3. The fourth-order valence-electron chi connectivity index (χ4n) is 3.27. The van der Waals surface area contributed by atoms with Crippen LogP contribution in [0.5, 0.6) is 11.5 Å². The first kappa shape index (κ1) is 12.8. The molecule has 4 nitrogen and oxygen atoms in total. The van der Waals surface area contributed by atoms with Crippen LogP contribution < -0.4 is 15.2 Å². The van der Waals surface area contributed by atoms with Crippen LogP contribution in [0.25, 0.3) is 0 Å². The normalized spacial score (nSPS) is 20.5. The SMILES string of the molecule is COCc1ccc2c(c1C1(N)CCCCC1)OCO2. The highest BCUT2D eigenvalue weighted by Crippen LogP contribution is 2.47. The third-order valence-electron chi connectivity index (χ3n) is 4.17. The summed E-state index contributed by atoms with van der Waals surface area (Å²) in [5.41, 5.74) is 8.62. The monoisotopic (exact) mass is 263 g/mol. The quantitative estimate of drug-likeness (QED) is 0.911. The van der Waals surface area contributed by atoms with Gasteiger partial charge < -0.3 is 19.9 Å². The van der Waals surface area contributed by atoms with Gasteiger partial charge in [-0.05, 0) is 24.5 Å². The van der Waals surface area contributed by atoms with Crippen molar-refractivity contribution < 1.29 is 14.2 Å². The van der Waals surface area contributed by atoms with E-state index in [0.717, 1.165) is 35.5 Å². The smallest absolute Gasteiger partial charge is 0.231 e. The van der Waals surface area contributed by atoms with Gasteiger partial charge in [0.2, 0.25) is 6.79 Å². The number of fused-ring (bicyclic) bond motifs is 1. The third-order valence-corrected chi connectivity index (χ3v) is 4.17. The van der Waals surface area contributed by atoms with Gasteiger partial charge in [0.1, 0.15) is 0 Å². The van der Waals surface area contributed by atoms with E-state index in [-0.39, 0.29) is 12.3 Å². The van der Waals surface area contributed by atoms with Crippen LogP contribution in [0.2, 0.25) is 0 Å². The molecule has 1 saturated carbocycles. The largest absolute Gasteiger partial charge is 0.454 e. The lowest BCUT2D eigenvalue weighted by Crippen LogP contribution is -2.39. The third kappa shape index (κ3) is 2.19. The molecule has 1 fully saturated rings. The predicted octanol–water partition coefficient (Wildman–Crippen LogP) is 2.68. The molecule has 1 heterocycles. The molecule has 3 rings (SSSR count). The second kappa shape index (κ2) is 5.02. The minimum atomic E-state index is -0.300. The molecule has 1 aliphatic heterocycles. The van der Waals surface area contributed by atoms with E-state index in [2.05, 4.69) is 6.07 Å². The van der Waals surface area contributed by atoms with E-state index in [1.54, 1.807) is 7.11 Å². The highest BCUT2D eigenvalue weighted by atomic mass is 16.7. The molecule has 0 atom stereocenters. The molecule has 104 valence electrons. The molecule has 0 saturated heterocycles. The predicted molar refractivity (Wildman–Crippen MR) is 72.2 cm³/mol. The minimum Gasteiger partial charge on any atom is -0.454 e. The molecular weight excluding hydrogens is 242 g/mol. The van der Waals surface area contributed by atoms with E-state index < -0.39 is 0 Å². The molecule has 2 N–H and O–H groups in total. The van der Waals surface area contributed by atoms with Gasteiger partial charge in [0.25, 0.3) is 0 Å². The van der Waals surface area contributed by atoms with Gasteiger partial charge in [-0.3, -0.25) is 0 Å². The topological polar surface area (TPSA) is 53.7 Å². The van der Waals surface area contributed by atoms with Crippen LogP contribution in [0.15, 0.2) is 12.1 Å². The molecule has 19 heavy (non-hydrogen) atoms. The Morgan fingerprint density at radius 3 is 2.74 bits per heavy atom. The molecule has 4 heteroatoms. The lowest BCUT2D eigenvalue weighted by Gasteiger charge is -2.36. The lowest BCUT2D eigenvalue weighted by molar-refractivity contribution is 0.167. The minimum absolute atomic E-state index is 0.287. The van der Waals surface area contributed by atoms with Crippen molar-refractivity contribution in [2.75, 3.05) is 13.9 Å². The number of methoxy groups -OCH3 is 1. The molecule has 0 radical (unpaired) electrons. The van der Waals surface area contributed by atoms with Crippen molar-refractivity contribution in [3.8, 4) is 11.5 Å². The van der Waals surface area contributed by atoms with E-state index in [0.29, 0.717) is 6.61 Å². The van der Waals surface area contributed by atoms with Gasteiger partial charge in [0.15, 0.2) is 11.5 Å². The van der Waals surface area contributed by atoms with Crippen molar-refractivity contribution in [2.24, 2.45) is 5.73 Å². The zero-order valence-corrected chi connectivity index (χ0v) is 11.4. The number of hydrogen-bond donors (Lipinski definition) is 1. The summed E-state index contributed by atoms with van der Waals surface area (Å²) in [6.45, 7) is 0.847. The molecule has 0 amide bonds. The maximum atomic E-state index is 6.69. The number of benzene rings is 1. The maximum absolute atomic E-state index is 6.69. The van der Waals surface area contributed by atoms with Crippen molar-refractivity contribution in [2.45, 2.75) is 44.2 Å². The molecule has 0 spiro atoms. The van der Waals surface area contributed by atoms with Crippen LogP contribution in [0.4, 0.5) is 0 Å². The van der Waals surface area contributed by atoms with Crippen molar-refractivity contribution in [1.29, 1.82) is 0 Å². The first-order chi connectivity index (χ1) is 9.24. The Kier molecular flexibility index (Phi) is 3.37. The van der Waals surface area contributed by atoms with Crippen LogP contribution in [-0.4, -0.2) is 13.9 Å². The Morgan fingerprint density at radius 1 is 1.21 bits per heavy atom. The number of hydrogen-bond acceptors (Lipinski definition) is 4. The van der Waals surface area contributed by atoms with Crippen LogP contribution in [0, 0.1) is 0 Å². The van der Waals surface area contributed by atoms with Crippen molar-refractivity contribution in [1.82, 2.24) is 0 Å². The summed E-state index contributed by atoms with van der Waals surface area (Å²) in [6.07, 6.45) is 5.62. The van der Waals surface area contributed by atoms with E-state index >= 15 is 0 Å². The van der Waals surface area contributed by atoms with Crippen LogP contribution >= 0.6 is 0 Å². The Morgan fingerprint density at radius 2 is 2.00 bits per heavy atom. The molecule has 0 unspecified atom stereocenters. The van der Waals surface area contributed by atoms with Crippen LogP contribution in [0.1, 0.15) is 43.2 Å². The van der Waals surface area contributed by atoms with E-state index in [1.807, 2.05) is 6.07 Å². The first-order valence-corrected chi connectivity index (χ1v) is 6.94. The Labute approximate surface area is 113 Å². The summed E-state index contributed by atoms with van der Waals surface area (Å²) in [5, 5.41) is 0. The molecule has 0 aromatic heterocycles. The zero-order valence-electron chi connectivity index (χ0n) is 11.4. The molecule has 2 aliphatic rings. The van der Waals surface area contributed by atoms with E-state index in [1.165, 1.54) is 19.3 Å². The molecule has 1 aromatic rings. The fraction of sp³-hybridized carbons (Fsp3) is 0.600. The summed E-state index contributed by atoms with van der Waals surface area (Å²) < 4.78 is 16.5. The van der Waals surface area contributed by atoms with Crippen molar-refractivity contribution in [3.63, 3.8) is 0 Å². The zero-order chi connectivity index (χ0) is 13.3. The summed E-state index contributed by atoms with van der Waals surface area (Å²) in [5.74, 6) is 1.64. The summed E-state index contributed by atoms with van der Waals surface area (Å²) in [4.78, 5) is 0. The fourth-order valence-corrected chi connectivity index (χ4v) is 3.27. The first-order valence-electron chi connectivity index (χ1n) is 6.94. The van der Waals surface area contributed by atoms with Crippen molar-refractivity contribution >= 4 is 0 Å². The maximum Gasteiger partial charge on any atom is 0.231 e. The lowest BCUT2D eigenvalue weighted by atomic mass is 9.75. The molecule has 1 aliphatic carbocycles. The van der Waals surface area contributed by atoms with Gasteiger partial charge in [-0.15, -0.1) is 0 Å². The number of rotatable bonds is 3.